The van der Waals surface area contributed by atoms with Crippen molar-refractivity contribution in [2.24, 2.45) is 5.92 Å². The second kappa shape index (κ2) is 5.04. The van der Waals surface area contributed by atoms with Crippen LogP contribution in [0.1, 0.15) is 43.5 Å². The van der Waals surface area contributed by atoms with Crippen molar-refractivity contribution in [3.05, 3.63) is 17.6 Å². The number of fused-ring (bicyclic) bond motifs is 1. The fourth-order valence-electron chi connectivity index (χ4n) is 3.66. The highest BCUT2D eigenvalue weighted by molar-refractivity contribution is 5.79. The first-order chi connectivity index (χ1) is 9.58. The Kier molecular flexibility index (Phi) is 3.36. The van der Waals surface area contributed by atoms with E-state index in [1.54, 1.807) is 6.20 Å². The first kappa shape index (κ1) is 13.3. The lowest BCUT2D eigenvalue weighted by molar-refractivity contribution is -0.138. The summed E-state index contributed by atoms with van der Waals surface area (Å²) in [4.78, 5) is 22.5. The molecule has 0 spiro atoms. The average molecular weight is 275 g/mol. The molecule has 5 heteroatoms. The maximum atomic E-state index is 11.6. The Morgan fingerprint density at radius 3 is 2.75 bits per heavy atom. The number of carboxylic acid groups (broad SMARTS) is 1. The van der Waals surface area contributed by atoms with E-state index >= 15 is 0 Å². The van der Waals surface area contributed by atoms with E-state index in [-0.39, 0.29) is 0 Å². The van der Waals surface area contributed by atoms with Crippen molar-refractivity contribution in [1.29, 1.82) is 0 Å². The Bertz CT molecular complexity index is 532. The number of carboxylic acids is 1. The fourth-order valence-corrected chi connectivity index (χ4v) is 3.66. The van der Waals surface area contributed by atoms with Crippen molar-refractivity contribution < 1.29 is 9.90 Å². The summed E-state index contributed by atoms with van der Waals surface area (Å²) < 4.78 is 0. The van der Waals surface area contributed by atoms with Crippen molar-refractivity contribution >= 4 is 11.8 Å². The standard InChI is InChI=1S/C15H21N3O2/c1-9-10(2)17-14(8-16-9)18-12-6-4-3-5-11(12)7-13(18)15(19)20/h8,11-13H,3-7H2,1-2H3,(H,19,20). The van der Waals surface area contributed by atoms with Crippen molar-refractivity contribution in [2.45, 2.75) is 58.0 Å². The second-order valence-electron chi connectivity index (χ2n) is 6.01. The van der Waals surface area contributed by atoms with Crippen molar-refractivity contribution in [3.8, 4) is 0 Å². The number of nitrogens with zero attached hydrogens (tertiary/aromatic N) is 3. The third-order valence-corrected chi connectivity index (χ3v) is 4.82. The van der Waals surface area contributed by atoms with E-state index < -0.39 is 12.0 Å². The molecule has 1 aromatic heterocycles. The molecule has 2 heterocycles. The molecule has 108 valence electrons. The van der Waals surface area contributed by atoms with Gasteiger partial charge in [-0.15, -0.1) is 0 Å². The third kappa shape index (κ3) is 2.15. The summed E-state index contributed by atoms with van der Waals surface area (Å²) in [5.74, 6) is 0.489. The van der Waals surface area contributed by atoms with E-state index in [4.69, 9.17) is 0 Å². The minimum atomic E-state index is -0.737. The van der Waals surface area contributed by atoms with E-state index in [0.29, 0.717) is 12.0 Å². The van der Waals surface area contributed by atoms with Crippen LogP contribution in [0.5, 0.6) is 0 Å². The topological polar surface area (TPSA) is 66.3 Å². The molecular formula is C15H21N3O2. The van der Waals surface area contributed by atoms with Crippen LogP contribution in [0, 0.1) is 19.8 Å². The Morgan fingerprint density at radius 1 is 1.30 bits per heavy atom. The maximum Gasteiger partial charge on any atom is 0.326 e. The van der Waals surface area contributed by atoms with Gasteiger partial charge in [0.05, 0.1) is 17.6 Å². The number of hydrogen-bond donors (Lipinski definition) is 1. The molecule has 3 unspecified atom stereocenters. The lowest BCUT2D eigenvalue weighted by Gasteiger charge is -2.33. The van der Waals surface area contributed by atoms with Gasteiger partial charge in [0, 0.05) is 6.04 Å². The van der Waals surface area contributed by atoms with Crippen molar-refractivity contribution in [1.82, 2.24) is 9.97 Å². The molecule has 0 aromatic carbocycles. The monoisotopic (exact) mass is 275 g/mol. The van der Waals surface area contributed by atoms with Gasteiger partial charge in [-0.3, -0.25) is 4.98 Å². The predicted molar refractivity (Wildman–Crippen MR) is 75.8 cm³/mol. The minimum Gasteiger partial charge on any atom is -0.480 e. The van der Waals surface area contributed by atoms with Gasteiger partial charge in [-0.25, -0.2) is 9.78 Å². The molecule has 1 saturated carbocycles. The molecule has 1 aliphatic heterocycles. The highest BCUT2D eigenvalue weighted by Gasteiger charge is 2.45. The second-order valence-corrected chi connectivity index (χ2v) is 6.01. The Balaban J connectivity index is 1.98. The number of hydrogen-bond acceptors (Lipinski definition) is 4. The molecule has 2 aliphatic rings. The number of aliphatic carboxylic acids is 1. The van der Waals surface area contributed by atoms with Crippen LogP contribution in [0.3, 0.4) is 0 Å². The number of anilines is 1. The largest absolute Gasteiger partial charge is 0.480 e. The zero-order valence-corrected chi connectivity index (χ0v) is 12.0. The van der Waals surface area contributed by atoms with E-state index in [1.807, 2.05) is 18.7 Å². The van der Waals surface area contributed by atoms with Gasteiger partial charge in [0.2, 0.25) is 0 Å². The molecule has 1 N–H and O–H groups in total. The van der Waals surface area contributed by atoms with E-state index in [1.165, 1.54) is 12.8 Å². The predicted octanol–water partition coefficient (Wildman–Crippen LogP) is 2.32. The number of rotatable bonds is 2. The molecule has 2 fully saturated rings. The van der Waals surface area contributed by atoms with Crippen LogP contribution in [0.4, 0.5) is 5.82 Å². The SMILES string of the molecule is Cc1ncc(N2C(C(=O)O)CC3CCCCC32)nc1C. The normalized spacial score (nSPS) is 29.3. The molecule has 1 aromatic rings. The van der Waals surface area contributed by atoms with Gasteiger partial charge in [0.15, 0.2) is 0 Å². The molecule has 3 rings (SSSR count). The van der Waals surface area contributed by atoms with Crippen LogP contribution in [-0.4, -0.2) is 33.1 Å². The summed E-state index contributed by atoms with van der Waals surface area (Å²) in [6.45, 7) is 3.85. The van der Waals surface area contributed by atoms with Gasteiger partial charge in [-0.05, 0) is 39.0 Å². The first-order valence-corrected chi connectivity index (χ1v) is 7.39. The minimum absolute atomic E-state index is 0.321. The van der Waals surface area contributed by atoms with Gasteiger partial charge in [0.25, 0.3) is 0 Å². The van der Waals surface area contributed by atoms with Gasteiger partial charge >= 0.3 is 5.97 Å². The van der Waals surface area contributed by atoms with Gasteiger partial charge in [0.1, 0.15) is 11.9 Å². The highest BCUT2D eigenvalue weighted by atomic mass is 16.4. The molecular weight excluding hydrogens is 254 g/mol. The van der Waals surface area contributed by atoms with Crippen LogP contribution in [0.2, 0.25) is 0 Å². The summed E-state index contributed by atoms with van der Waals surface area (Å²) in [5.41, 5.74) is 1.78. The molecule has 1 aliphatic carbocycles. The zero-order valence-electron chi connectivity index (χ0n) is 12.0. The summed E-state index contributed by atoms with van der Waals surface area (Å²) in [7, 11) is 0. The fraction of sp³-hybridized carbons (Fsp3) is 0.667. The number of aromatic nitrogens is 2. The van der Waals surface area contributed by atoms with Crippen LogP contribution >= 0.6 is 0 Å². The molecule has 0 bridgehead atoms. The molecule has 5 nitrogen and oxygen atoms in total. The quantitative estimate of drug-likeness (QED) is 0.897. The van der Waals surface area contributed by atoms with Crippen LogP contribution in [0.25, 0.3) is 0 Å². The number of aryl methyl sites for hydroxylation is 2. The Hall–Kier alpha value is -1.65. The van der Waals surface area contributed by atoms with Crippen LogP contribution in [0.15, 0.2) is 6.20 Å². The zero-order chi connectivity index (χ0) is 14.3. The van der Waals surface area contributed by atoms with Gasteiger partial charge < -0.3 is 10.0 Å². The van der Waals surface area contributed by atoms with E-state index in [0.717, 1.165) is 36.5 Å². The summed E-state index contributed by atoms with van der Waals surface area (Å²) in [5, 5.41) is 9.53. The molecule has 0 radical (unpaired) electrons. The van der Waals surface area contributed by atoms with E-state index in [2.05, 4.69) is 9.97 Å². The van der Waals surface area contributed by atoms with Crippen LogP contribution < -0.4 is 4.90 Å². The smallest absolute Gasteiger partial charge is 0.326 e. The Morgan fingerprint density at radius 2 is 2.05 bits per heavy atom. The van der Waals surface area contributed by atoms with Crippen molar-refractivity contribution in [2.75, 3.05) is 4.90 Å². The molecule has 1 saturated heterocycles. The van der Waals surface area contributed by atoms with Crippen molar-refractivity contribution in [3.63, 3.8) is 0 Å². The summed E-state index contributed by atoms with van der Waals surface area (Å²) in [6, 6.07) is -0.124. The number of carbonyl (C=O) groups is 1. The summed E-state index contributed by atoms with van der Waals surface area (Å²) in [6.07, 6.45) is 7.10. The lowest BCUT2D eigenvalue weighted by Crippen LogP contribution is -2.43. The summed E-state index contributed by atoms with van der Waals surface area (Å²) >= 11 is 0. The molecule has 0 amide bonds. The third-order valence-electron chi connectivity index (χ3n) is 4.82. The highest BCUT2D eigenvalue weighted by Crippen LogP contribution is 2.41. The van der Waals surface area contributed by atoms with Gasteiger partial charge in [-0.1, -0.05) is 12.8 Å². The molecule has 3 atom stereocenters. The van der Waals surface area contributed by atoms with E-state index in [9.17, 15) is 9.90 Å². The van der Waals surface area contributed by atoms with Gasteiger partial charge in [-0.2, -0.15) is 0 Å². The first-order valence-electron chi connectivity index (χ1n) is 7.39. The molecule has 20 heavy (non-hydrogen) atoms. The van der Waals surface area contributed by atoms with Crippen LogP contribution in [-0.2, 0) is 4.79 Å². The lowest BCUT2D eigenvalue weighted by atomic mass is 9.85. The average Bonchev–Trinajstić information content (AvgIpc) is 2.81. The Labute approximate surface area is 119 Å². The maximum absolute atomic E-state index is 11.6.